The van der Waals surface area contributed by atoms with Gasteiger partial charge in [-0.05, 0) is 32.0 Å². The molecule has 158 valence electrons. The molecular formula is C18H16F3N5O3S. The predicted octanol–water partition coefficient (Wildman–Crippen LogP) is 3.82. The van der Waals surface area contributed by atoms with Gasteiger partial charge in [-0.15, -0.1) is 26.6 Å². The zero-order valence-corrected chi connectivity index (χ0v) is 16.6. The highest BCUT2D eigenvalue weighted by Crippen LogP contribution is 2.35. The molecule has 3 aromatic rings. The molecule has 8 nitrogen and oxygen atoms in total. The van der Waals surface area contributed by atoms with Crippen LogP contribution >= 0.6 is 11.3 Å². The second-order valence-electron chi connectivity index (χ2n) is 6.21. The number of aromatic nitrogens is 5. The second kappa shape index (κ2) is 9.03. The topological polar surface area (TPSA) is 92.0 Å². The molecule has 30 heavy (non-hydrogen) atoms. The highest BCUT2D eigenvalue weighted by molar-refractivity contribution is 7.09. The van der Waals surface area contributed by atoms with E-state index in [1.807, 2.05) is 0 Å². The molecule has 0 bridgehead atoms. The van der Waals surface area contributed by atoms with Crippen molar-refractivity contribution >= 4 is 23.5 Å². The van der Waals surface area contributed by atoms with Crippen LogP contribution in [0.4, 0.5) is 13.2 Å². The minimum Gasteiger partial charge on any atom is -0.491 e. The smallest absolute Gasteiger partial charge is 0.416 e. The molecule has 0 saturated heterocycles. The first kappa shape index (κ1) is 21.4. The molecule has 12 heteroatoms. The molecule has 3 rings (SSSR count). The molecule has 1 aromatic carbocycles. The van der Waals surface area contributed by atoms with Crippen molar-refractivity contribution in [3.63, 3.8) is 0 Å². The van der Waals surface area contributed by atoms with Crippen molar-refractivity contribution in [3.8, 4) is 17.1 Å². The Balaban J connectivity index is 1.75. The molecule has 0 unspecified atom stereocenters. The summed E-state index contributed by atoms with van der Waals surface area (Å²) in [6, 6.07) is 3.29. The summed E-state index contributed by atoms with van der Waals surface area (Å²) in [6.07, 6.45) is -1.21. The van der Waals surface area contributed by atoms with Gasteiger partial charge in [-0.2, -0.15) is 13.2 Å². The van der Waals surface area contributed by atoms with Crippen molar-refractivity contribution in [2.45, 2.75) is 32.7 Å². The summed E-state index contributed by atoms with van der Waals surface area (Å²) in [6.45, 7) is 3.41. The van der Waals surface area contributed by atoms with Crippen molar-refractivity contribution in [1.29, 1.82) is 0 Å². The van der Waals surface area contributed by atoms with Crippen LogP contribution in [-0.2, 0) is 22.3 Å². The first-order chi connectivity index (χ1) is 14.2. The Morgan fingerprint density at radius 3 is 2.77 bits per heavy atom. The van der Waals surface area contributed by atoms with Crippen LogP contribution in [0.2, 0.25) is 0 Å². The highest BCUT2D eigenvalue weighted by Gasteiger charge is 2.32. The molecule has 0 spiro atoms. The van der Waals surface area contributed by atoms with Gasteiger partial charge in [0.15, 0.2) is 10.8 Å². The third kappa shape index (κ3) is 5.86. The predicted molar refractivity (Wildman–Crippen MR) is 101 cm³/mol. The van der Waals surface area contributed by atoms with Gasteiger partial charge in [-0.3, -0.25) is 0 Å². The second-order valence-corrected chi connectivity index (χ2v) is 7.13. The van der Waals surface area contributed by atoms with Crippen LogP contribution in [0.5, 0.6) is 5.75 Å². The largest absolute Gasteiger partial charge is 0.491 e. The minimum absolute atomic E-state index is 0.0146. The first-order valence-corrected chi connectivity index (χ1v) is 9.49. The van der Waals surface area contributed by atoms with Gasteiger partial charge in [0, 0.05) is 17.8 Å². The fourth-order valence-electron chi connectivity index (χ4n) is 2.29. The van der Waals surface area contributed by atoms with Crippen LogP contribution in [-0.4, -0.2) is 37.0 Å². The number of hydrogen-bond acceptors (Lipinski definition) is 8. The Morgan fingerprint density at radius 1 is 1.30 bits per heavy atom. The van der Waals surface area contributed by atoms with E-state index in [1.165, 1.54) is 40.1 Å². The van der Waals surface area contributed by atoms with Gasteiger partial charge in [0.25, 0.3) is 0 Å². The summed E-state index contributed by atoms with van der Waals surface area (Å²) in [4.78, 5) is 15.7. The van der Waals surface area contributed by atoms with E-state index in [2.05, 4.69) is 20.3 Å². The summed E-state index contributed by atoms with van der Waals surface area (Å²) in [7, 11) is 0. The van der Waals surface area contributed by atoms with E-state index in [9.17, 15) is 18.0 Å². The number of rotatable bonds is 7. The van der Waals surface area contributed by atoms with Crippen LogP contribution < -0.4 is 4.74 Å². The van der Waals surface area contributed by atoms with E-state index in [1.54, 1.807) is 13.8 Å². The van der Waals surface area contributed by atoms with Crippen molar-refractivity contribution < 1.29 is 27.4 Å². The molecule has 0 N–H and O–H groups in total. The van der Waals surface area contributed by atoms with E-state index in [0.717, 1.165) is 18.2 Å². The quantitative estimate of drug-likeness (QED) is 0.408. The number of hydrogen-bond donors (Lipinski definition) is 0. The van der Waals surface area contributed by atoms with Crippen molar-refractivity contribution in [1.82, 2.24) is 25.0 Å². The first-order valence-electron chi connectivity index (χ1n) is 8.61. The lowest BCUT2D eigenvalue weighted by Gasteiger charge is -2.14. The zero-order valence-electron chi connectivity index (χ0n) is 15.8. The summed E-state index contributed by atoms with van der Waals surface area (Å²) in [5.41, 5.74) is 0.774. The fourth-order valence-corrected chi connectivity index (χ4v) is 2.73. The van der Waals surface area contributed by atoms with Gasteiger partial charge in [0.1, 0.15) is 24.2 Å². The summed E-state index contributed by atoms with van der Waals surface area (Å²) in [5, 5.41) is 12.0. The van der Waals surface area contributed by atoms with Crippen molar-refractivity contribution in [2.75, 3.05) is 0 Å². The Hall–Kier alpha value is -3.28. The Morgan fingerprint density at radius 2 is 2.10 bits per heavy atom. The third-order valence-electron chi connectivity index (χ3n) is 3.48. The number of nitrogens with zero attached hydrogens (tertiary/aromatic N) is 5. The van der Waals surface area contributed by atoms with Crippen molar-refractivity contribution in [3.05, 3.63) is 46.7 Å². The van der Waals surface area contributed by atoms with Gasteiger partial charge in [-0.25, -0.2) is 14.5 Å². The normalized spacial score (nSPS) is 11.9. The number of alkyl halides is 3. The third-order valence-corrected chi connectivity index (χ3v) is 4.15. The van der Waals surface area contributed by atoms with E-state index in [4.69, 9.17) is 9.47 Å². The van der Waals surface area contributed by atoms with E-state index >= 15 is 0 Å². The van der Waals surface area contributed by atoms with Gasteiger partial charge in [0.2, 0.25) is 0 Å². The zero-order chi connectivity index (χ0) is 21.7. The minimum atomic E-state index is -4.55. The number of esters is 1. The molecule has 2 aromatic heterocycles. The molecule has 0 atom stereocenters. The maximum absolute atomic E-state index is 13.2. The summed E-state index contributed by atoms with van der Waals surface area (Å²) < 4.78 is 51.2. The molecule has 2 heterocycles. The van der Waals surface area contributed by atoms with Gasteiger partial charge >= 0.3 is 12.1 Å². The number of carbonyl (C=O) groups excluding carboxylic acids is 1. The lowest BCUT2D eigenvalue weighted by molar-refractivity contribution is -0.139. The molecule has 0 saturated carbocycles. The maximum atomic E-state index is 13.2. The molecule has 0 aliphatic carbocycles. The lowest BCUT2D eigenvalue weighted by atomic mass is 10.1. The van der Waals surface area contributed by atoms with E-state index in [0.29, 0.717) is 5.01 Å². The Bertz CT molecular complexity index is 1030. The maximum Gasteiger partial charge on any atom is 0.416 e. The average Bonchev–Trinajstić information content (AvgIpc) is 3.35. The average molecular weight is 439 g/mol. The van der Waals surface area contributed by atoms with Crippen LogP contribution in [0.1, 0.15) is 24.4 Å². The molecule has 0 aliphatic heterocycles. The molecule has 0 aliphatic rings. The molecule has 0 radical (unpaired) electrons. The Labute approximate surface area is 173 Å². The highest BCUT2D eigenvalue weighted by atomic mass is 32.1. The van der Waals surface area contributed by atoms with Crippen LogP contribution in [0.3, 0.4) is 0 Å². The summed E-state index contributed by atoms with van der Waals surface area (Å²) in [5.74, 6) is -0.544. The van der Waals surface area contributed by atoms with Gasteiger partial charge < -0.3 is 9.47 Å². The SMILES string of the molecule is CC(C)Oc1cc(-c2ncn(/C=C\C(=O)OCc3nncs3)n2)cc(C(F)(F)F)c1. The van der Waals surface area contributed by atoms with Crippen LogP contribution in [0.25, 0.3) is 17.6 Å². The Kier molecular flexibility index (Phi) is 6.45. The number of halogens is 3. The molecule has 0 fully saturated rings. The van der Waals surface area contributed by atoms with E-state index < -0.39 is 17.7 Å². The van der Waals surface area contributed by atoms with Gasteiger partial charge in [-0.1, -0.05) is 0 Å². The standard InChI is InChI=1S/C18H16F3N5O3S/c1-11(2)29-14-6-12(5-13(7-14)18(19,20)21)17-22-9-26(25-17)4-3-16(27)28-8-15-24-23-10-30-15/h3-7,9-11H,8H2,1-2H3/b4-3-. The van der Waals surface area contributed by atoms with Crippen LogP contribution in [0.15, 0.2) is 36.1 Å². The summed E-state index contributed by atoms with van der Waals surface area (Å²) >= 11 is 1.25. The molecule has 0 amide bonds. The van der Waals surface area contributed by atoms with Crippen LogP contribution in [0, 0.1) is 0 Å². The van der Waals surface area contributed by atoms with Gasteiger partial charge in [0.05, 0.1) is 11.7 Å². The number of benzene rings is 1. The van der Waals surface area contributed by atoms with Crippen molar-refractivity contribution in [2.24, 2.45) is 0 Å². The fraction of sp³-hybridized carbons (Fsp3) is 0.278. The monoisotopic (exact) mass is 439 g/mol. The lowest BCUT2D eigenvalue weighted by Crippen LogP contribution is -2.09. The molecular weight excluding hydrogens is 423 g/mol. The number of carbonyl (C=O) groups is 1. The van der Waals surface area contributed by atoms with E-state index in [-0.39, 0.29) is 29.8 Å². The number of ether oxygens (including phenoxy) is 2.